The molecule has 0 saturated carbocycles. The van der Waals surface area contributed by atoms with Gasteiger partial charge >= 0.3 is 0 Å². The largest absolute Gasteiger partial charge is 0.396 e. The zero-order valence-corrected chi connectivity index (χ0v) is 16.3. The third kappa shape index (κ3) is 4.01. The molecule has 1 unspecified atom stereocenters. The van der Waals surface area contributed by atoms with E-state index in [9.17, 15) is 10.4 Å². The highest BCUT2D eigenvalue weighted by Crippen LogP contribution is 2.28. The predicted octanol–water partition coefficient (Wildman–Crippen LogP) is 1.54. The molecular weight excluding hydrogens is 326 g/mol. The first-order chi connectivity index (χ1) is 12.5. The molecular formula is C20H31N5O. The highest BCUT2D eigenvalue weighted by Gasteiger charge is 2.34. The summed E-state index contributed by atoms with van der Waals surface area (Å²) in [5.74, 6) is 0.816. The molecule has 0 spiro atoms. The summed E-state index contributed by atoms with van der Waals surface area (Å²) < 4.78 is 0. The van der Waals surface area contributed by atoms with Crippen LogP contribution in [0.25, 0.3) is 0 Å². The number of hydrogen-bond donors (Lipinski definition) is 1. The lowest BCUT2D eigenvalue weighted by atomic mass is 9.98. The Hall–Kier alpha value is -1.68. The van der Waals surface area contributed by atoms with Crippen LogP contribution in [0, 0.1) is 25.2 Å². The first-order valence-corrected chi connectivity index (χ1v) is 9.72. The predicted molar refractivity (Wildman–Crippen MR) is 103 cm³/mol. The molecule has 142 valence electrons. The van der Waals surface area contributed by atoms with Crippen molar-refractivity contribution in [2.75, 3.05) is 51.3 Å². The number of aliphatic hydroxyl groups excluding tert-OH is 1. The van der Waals surface area contributed by atoms with Crippen molar-refractivity contribution in [3.63, 3.8) is 0 Å². The molecule has 2 saturated heterocycles. The van der Waals surface area contributed by atoms with Crippen LogP contribution in [0.5, 0.6) is 0 Å². The van der Waals surface area contributed by atoms with Gasteiger partial charge in [-0.05, 0) is 64.9 Å². The van der Waals surface area contributed by atoms with Crippen LogP contribution in [-0.2, 0) is 0 Å². The van der Waals surface area contributed by atoms with Gasteiger partial charge in [0.25, 0.3) is 0 Å². The quantitative estimate of drug-likeness (QED) is 0.882. The normalized spacial score (nSPS) is 23.2. The second-order valence-electron chi connectivity index (χ2n) is 7.78. The van der Waals surface area contributed by atoms with E-state index < -0.39 is 0 Å². The molecule has 2 aliphatic heterocycles. The molecule has 1 aromatic heterocycles. The fourth-order valence-corrected chi connectivity index (χ4v) is 4.46. The van der Waals surface area contributed by atoms with Crippen molar-refractivity contribution in [1.29, 1.82) is 5.26 Å². The van der Waals surface area contributed by atoms with E-state index in [0.717, 1.165) is 56.2 Å². The van der Waals surface area contributed by atoms with Gasteiger partial charge in [0.1, 0.15) is 11.9 Å². The van der Waals surface area contributed by atoms with Gasteiger partial charge in [0, 0.05) is 44.0 Å². The van der Waals surface area contributed by atoms with Crippen molar-refractivity contribution in [3.05, 3.63) is 22.9 Å². The molecule has 1 N–H and O–H groups in total. The van der Waals surface area contributed by atoms with E-state index in [1.54, 1.807) is 0 Å². The summed E-state index contributed by atoms with van der Waals surface area (Å²) >= 11 is 0. The summed E-state index contributed by atoms with van der Waals surface area (Å²) in [6.07, 6.45) is 3.17. The van der Waals surface area contributed by atoms with Crippen molar-refractivity contribution >= 4 is 5.82 Å². The van der Waals surface area contributed by atoms with Gasteiger partial charge in [-0.3, -0.25) is 4.90 Å². The number of piperazine rings is 1. The number of pyridine rings is 1. The molecule has 0 radical (unpaired) electrons. The molecule has 0 bridgehead atoms. The molecule has 1 aromatic rings. The Morgan fingerprint density at radius 1 is 1.23 bits per heavy atom. The smallest absolute Gasteiger partial charge is 0.147 e. The summed E-state index contributed by atoms with van der Waals surface area (Å²) in [4.78, 5) is 11.9. The van der Waals surface area contributed by atoms with E-state index >= 15 is 0 Å². The molecule has 6 heteroatoms. The van der Waals surface area contributed by atoms with Gasteiger partial charge in [-0.2, -0.15) is 5.26 Å². The fraction of sp³-hybridized carbons (Fsp3) is 0.700. The first-order valence-electron chi connectivity index (χ1n) is 9.72. The summed E-state index contributed by atoms with van der Waals surface area (Å²) in [5.41, 5.74) is 2.63. The number of nitrogens with zero attached hydrogens (tertiary/aromatic N) is 5. The van der Waals surface area contributed by atoms with Gasteiger partial charge in [-0.25, -0.2) is 4.98 Å². The summed E-state index contributed by atoms with van der Waals surface area (Å²) in [5, 5.41) is 19.2. The Labute approximate surface area is 157 Å². The van der Waals surface area contributed by atoms with Crippen LogP contribution in [0.3, 0.4) is 0 Å². The Kier molecular flexibility index (Phi) is 6.13. The van der Waals surface area contributed by atoms with Crippen LogP contribution in [-0.4, -0.2) is 78.4 Å². The van der Waals surface area contributed by atoms with E-state index in [4.69, 9.17) is 0 Å². The zero-order valence-electron chi connectivity index (χ0n) is 16.3. The van der Waals surface area contributed by atoms with E-state index in [-0.39, 0.29) is 6.61 Å². The minimum absolute atomic E-state index is 0.201. The molecule has 2 aliphatic rings. The van der Waals surface area contributed by atoms with Gasteiger partial charge in [-0.15, -0.1) is 0 Å². The summed E-state index contributed by atoms with van der Waals surface area (Å²) in [7, 11) is 2.19. The maximum atomic E-state index is 9.60. The van der Waals surface area contributed by atoms with Crippen molar-refractivity contribution < 1.29 is 5.11 Å². The lowest BCUT2D eigenvalue weighted by Gasteiger charge is -2.47. The minimum Gasteiger partial charge on any atom is -0.396 e. The highest BCUT2D eigenvalue weighted by atomic mass is 16.3. The van der Waals surface area contributed by atoms with Crippen LogP contribution in [0.1, 0.15) is 36.1 Å². The molecule has 26 heavy (non-hydrogen) atoms. The fourth-order valence-electron chi connectivity index (χ4n) is 4.46. The number of aliphatic hydroxyl groups is 1. The molecule has 6 nitrogen and oxygen atoms in total. The second-order valence-corrected chi connectivity index (χ2v) is 7.78. The number of hydrogen-bond acceptors (Lipinski definition) is 6. The van der Waals surface area contributed by atoms with Crippen molar-refractivity contribution in [2.24, 2.45) is 0 Å². The van der Waals surface area contributed by atoms with E-state index in [1.165, 1.54) is 12.8 Å². The molecule has 2 fully saturated rings. The summed E-state index contributed by atoms with van der Waals surface area (Å²) in [6, 6.07) is 5.24. The lowest BCUT2D eigenvalue weighted by molar-refractivity contribution is 0.0596. The van der Waals surface area contributed by atoms with Crippen LogP contribution >= 0.6 is 0 Å². The van der Waals surface area contributed by atoms with Crippen molar-refractivity contribution in [3.8, 4) is 6.07 Å². The molecule has 3 heterocycles. The Balaban J connectivity index is 1.79. The standard InChI is InChI=1S/C20H31N5O/c1-15-12-16(2)22-20(19(15)13-21)24-9-10-25(18(14-24)6-11-26)17-4-7-23(3)8-5-17/h12,17-18,26H,4-11,14H2,1-3H3. The number of rotatable bonds is 4. The number of aryl methyl sites for hydroxylation is 2. The average molecular weight is 358 g/mol. The van der Waals surface area contributed by atoms with Crippen molar-refractivity contribution in [2.45, 2.75) is 45.2 Å². The maximum Gasteiger partial charge on any atom is 0.147 e. The second kappa shape index (κ2) is 8.34. The van der Waals surface area contributed by atoms with Crippen LogP contribution in [0.4, 0.5) is 5.82 Å². The maximum absolute atomic E-state index is 9.60. The van der Waals surface area contributed by atoms with E-state index in [1.807, 2.05) is 19.9 Å². The molecule has 3 rings (SSSR count). The van der Waals surface area contributed by atoms with Crippen LogP contribution in [0.2, 0.25) is 0 Å². The van der Waals surface area contributed by atoms with Gasteiger partial charge in [-0.1, -0.05) is 0 Å². The average Bonchev–Trinajstić information content (AvgIpc) is 2.62. The van der Waals surface area contributed by atoms with Crippen molar-refractivity contribution in [1.82, 2.24) is 14.8 Å². The molecule has 0 aromatic carbocycles. The van der Waals surface area contributed by atoms with E-state index in [0.29, 0.717) is 17.6 Å². The lowest BCUT2D eigenvalue weighted by Crippen LogP contribution is -2.58. The third-order valence-electron chi connectivity index (χ3n) is 5.88. The molecule has 1 atom stereocenters. The molecule has 0 aliphatic carbocycles. The minimum atomic E-state index is 0.201. The highest BCUT2D eigenvalue weighted by molar-refractivity contribution is 5.58. The zero-order chi connectivity index (χ0) is 18.7. The Morgan fingerprint density at radius 2 is 1.96 bits per heavy atom. The monoisotopic (exact) mass is 357 g/mol. The number of aromatic nitrogens is 1. The van der Waals surface area contributed by atoms with Gasteiger partial charge in [0.05, 0.1) is 5.56 Å². The van der Waals surface area contributed by atoms with Gasteiger partial charge < -0.3 is 14.9 Å². The topological polar surface area (TPSA) is 66.6 Å². The molecule has 0 amide bonds. The van der Waals surface area contributed by atoms with Crippen LogP contribution < -0.4 is 4.90 Å². The SMILES string of the molecule is Cc1cc(C)c(C#N)c(N2CCN(C3CCN(C)CC3)C(CCO)C2)n1. The number of anilines is 1. The Morgan fingerprint density at radius 3 is 2.62 bits per heavy atom. The summed E-state index contributed by atoms with van der Waals surface area (Å²) in [6.45, 7) is 9.15. The third-order valence-corrected chi connectivity index (χ3v) is 5.88. The van der Waals surface area contributed by atoms with Gasteiger partial charge in [0.15, 0.2) is 0 Å². The number of likely N-dealkylation sites (tertiary alicyclic amines) is 1. The van der Waals surface area contributed by atoms with Crippen LogP contribution in [0.15, 0.2) is 6.07 Å². The van der Waals surface area contributed by atoms with Gasteiger partial charge in [0.2, 0.25) is 0 Å². The number of piperidine rings is 1. The Bertz CT molecular complexity index is 663. The van der Waals surface area contributed by atoms with E-state index in [2.05, 4.69) is 32.8 Å². The number of nitriles is 1. The first kappa shape index (κ1) is 19.1.